The number of ether oxygens (including phenoxy) is 1. The molecular formula is C11H12O2. The normalized spacial score (nSPS) is 20.2. The molecule has 0 saturated carbocycles. The highest BCUT2D eigenvalue weighted by Gasteiger charge is 2.20. The fraction of sp³-hybridized carbons (Fsp3) is 0.364. The summed E-state index contributed by atoms with van der Waals surface area (Å²) in [6, 6.07) is 6.00. The monoisotopic (exact) mass is 176 g/mol. The lowest BCUT2D eigenvalue weighted by Crippen LogP contribution is -2.15. The molecule has 0 bridgehead atoms. The molecule has 1 unspecified atom stereocenters. The summed E-state index contributed by atoms with van der Waals surface area (Å²) >= 11 is 0. The Hall–Kier alpha value is -1.31. The second-order valence-corrected chi connectivity index (χ2v) is 3.42. The highest BCUT2D eigenvalue weighted by Crippen LogP contribution is 2.32. The highest BCUT2D eigenvalue weighted by atomic mass is 16.5. The van der Waals surface area contributed by atoms with Crippen LogP contribution >= 0.6 is 0 Å². The van der Waals surface area contributed by atoms with Gasteiger partial charge in [-0.25, -0.2) is 0 Å². The van der Waals surface area contributed by atoms with Gasteiger partial charge >= 0.3 is 0 Å². The van der Waals surface area contributed by atoms with E-state index in [1.807, 2.05) is 25.1 Å². The number of hydrogen-bond acceptors (Lipinski definition) is 2. The van der Waals surface area contributed by atoms with Crippen molar-refractivity contribution in [2.45, 2.75) is 19.3 Å². The van der Waals surface area contributed by atoms with Crippen LogP contribution in [0.5, 0.6) is 5.75 Å². The maximum atomic E-state index is 10.8. The van der Waals surface area contributed by atoms with Gasteiger partial charge in [0.2, 0.25) is 0 Å². The minimum absolute atomic E-state index is 0.0318. The quantitative estimate of drug-likeness (QED) is 0.612. The van der Waals surface area contributed by atoms with Crippen molar-refractivity contribution >= 4 is 6.29 Å². The van der Waals surface area contributed by atoms with E-state index in [1.165, 1.54) is 5.56 Å². The number of aryl methyl sites for hydroxylation is 1. The number of rotatable bonds is 1. The predicted molar refractivity (Wildman–Crippen MR) is 50.1 cm³/mol. The van der Waals surface area contributed by atoms with E-state index in [9.17, 15) is 4.79 Å². The first kappa shape index (κ1) is 8.30. The molecule has 1 aliphatic heterocycles. The SMILES string of the molecule is Cc1ccc2c(c1)OCCC2C=O. The molecule has 2 heteroatoms. The lowest BCUT2D eigenvalue weighted by molar-refractivity contribution is -0.109. The van der Waals surface area contributed by atoms with Crippen molar-refractivity contribution in [3.63, 3.8) is 0 Å². The zero-order valence-corrected chi connectivity index (χ0v) is 7.62. The standard InChI is InChI=1S/C11H12O2/c1-8-2-3-10-9(7-12)4-5-13-11(10)6-8/h2-3,6-7,9H,4-5H2,1H3. The Balaban J connectivity index is 2.45. The van der Waals surface area contributed by atoms with Gasteiger partial charge in [0, 0.05) is 11.5 Å². The second kappa shape index (κ2) is 3.21. The van der Waals surface area contributed by atoms with Crippen LogP contribution in [0.1, 0.15) is 23.5 Å². The summed E-state index contributed by atoms with van der Waals surface area (Å²) in [6.45, 7) is 2.67. The Bertz CT molecular complexity index is 331. The topological polar surface area (TPSA) is 26.3 Å². The second-order valence-electron chi connectivity index (χ2n) is 3.42. The van der Waals surface area contributed by atoms with Gasteiger partial charge in [-0.05, 0) is 25.0 Å². The Labute approximate surface area is 77.5 Å². The van der Waals surface area contributed by atoms with Gasteiger partial charge in [-0.2, -0.15) is 0 Å². The van der Waals surface area contributed by atoms with Gasteiger partial charge < -0.3 is 9.53 Å². The fourth-order valence-electron chi connectivity index (χ4n) is 1.67. The first-order valence-electron chi connectivity index (χ1n) is 4.50. The van der Waals surface area contributed by atoms with Crippen LogP contribution in [-0.4, -0.2) is 12.9 Å². The van der Waals surface area contributed by atoms with Crippen LogP contribution in [0, 0.1) is 6.92 Å². The molecule has 0 aliphatic carbocycles. The molecule has 0 spiro atoms. The number of carbonyl (C=O) groups excluding carboxylic acids is 1. The summed E-state index contributed by atoms with van der Waals surface area (Å²) in [5, 5.41) is 0. The van der Waals surface area contributed by atoms with Crippen molar-refractivity contribution in [1.82, 2.24) is 0 Å². The minimum Gasteiger partial charge on any atom is -0.493 e. The highest BCUT2D eigenvalue weighted by molar-refractivity contribution is 5.65. The maximum absolute atomic E-state index is 10.8. The van der Waals surface area contributed by atoms with Crippen molar-refractivity contribution in [2.75, 3.05) is 6.61 Å². The Morgan fingerprint density at radius 3 is 3.15 bits per heavy atom. The van der Waals surface area contributed by atoms with Crippen molar-refractivity contribution in [1.29, 1.82) is 0 Å². The molecule has 0 radical (unpaired) electrons. The van der Waals surface area contributed by atoms with Crippen LogP contribution in [0.2, 0.25) is 0 Å². The van der Waals surface area contributed by atoms with E-state index in [-0.39, 0.29) is 5.92 Å². The van der Waals surface area contributed by atoms with Crippen LogP contribution in [0.4, 0.5) is 0 Å². The fourth-order valence-corrected chi connectivity index (χ4v) is 1.67. The molecule has 0 fully saturated rings. The van der Waals surface area contributed by atoms with E-state index in [2.05, 4.69) is 0 Å². The smallest absolute Gasteiger partial charge is 0.127 e. The van der Waals surface area contributed by atoms with Gasteiger partial charge in [-0.15, -0.1) is 0 Å². The van der Waals surface area contributed by atoms with Crippen molar-refractivity contribution in [2.24, 2.45) is 0 Å². The molecule has 1 aromatic carbocycles. The third-order valence-corrected chi connectivity index (χ3v) is 2.42. The molecule has 68 valence electrons. The summed E-state index contributed by atoms with van der Waals surface area (Å²) < 4.78 is 5.48. The van der Waals surface area contributed by atoms with E-state index >= 15 is 0 Å². The molecule has 1 aromatic rings. The van der Waals surface area contributed by atoms with E-state index in [1.54, 1.807) is 0 Å². The zero-order chi connectivity index (χ0) is 9.26. The Morgan fingerprint density at radius 1 is 1.54 bits per heavy atom. The molecular weight excluding hydrogens is 164 g/mol. The van der Waals surface area contributed by atoms with Gasteiger partial charge in [-0.3, -0.25) is 0 Å². The van der Waals surface area contributed by atoms with Gasteiger partial charge in [0.05, 0.1) is 6.61 Å². The van der Waals surface area contributed by atoms with Crippen LogP contribution in [-0.2, 0) is 4.79 Å². The molecule has 0 saturated heterocycles. The molecule has 0 amide bonds. The van der Waals surface area contributed by atoms with Crippen LogP contribution < -0.4 is 4.74 Å². The third-order valence-electron chi connectivity index (χ3n) is 2.42. The predicted octanol–water partition coefficient (Wildman–Crippen LogP) is 2.06. The van der Waals surface area contributed by atoms with Crippen molar-refractivity contribution in [3.05, 3.63) is 29.3 Å². The molecule has 0 aromatic heterocycles. The van der Waals surface area contributed by atoms with Crippen LogP contribution in [0.15, 0.2) is 18.2 Å². The molecule has 2 nitrogen and oxygen atoms in total. The number of aldehydes is 1. The maximum Gasteiger partial charge on any atom is 0.127 e. The average molecular weight is 176 g/mol. The van der Waals surface area contributed by atoms with Crippen LogP contribution in [0.25, 0.3) is 0 Å². The summed E-state index contributed by atoms with van der Waals surface area (Å²) in [6.07, 6.45) is 1.82. The van der Waals surface area contributed by atoms with E-state index in [4.69, 9.17) is 4.74 Å². The molecule has 1 atom stereocenters. The van der Waals surface area contributed by atoms with Gasteiger partial charge in [0.1, 0.15) is 12.0 Å². The Morgan fingerprint density at radius 2 is 2.38 bits per heavy atom. The van der Waals surface area contributed by atoms with E-state index in [0.717, 1.165) is 24.0 Å². The zero-order valence-electron chi connectivity index (χ0n) is 7.62. The number of carbonyl (C=O) groups is 1. The minimum atomic E-state index is 0.0318. The van der Waals surface area contributed by atoms with Gasteiger partial charge in [-0.1, -0.05) is 12.1 Å². The average Bonchev–Trinajstić information content (AvgIpc) is 2.16. The van der Waals surface area contributed by atoms with Gasteiger partial charge in [0.15, 0.2) is 0 Å². The molecule has 1 aliphatic rings. The molecule has 1 heterocycles. The summed E-state index contributed by atoms with van der Waals surface area (Å²) in [7, 11) is 0. The van der Waals surface area contributed by atoms with Gasteiger partial charge in [0.25, 0.3) is 0 Å². The van der Waals surface area contributed by atoms with Crippen LogP contribution in [0.3, 0.4) is 0 Å². The molecule has 0 N–H and O–H groups in total. The summed E-state index contributed by atoms with van der Waals surface area (Å²) in [5.41, 5.74) is 2.21. The largest absolute Gasteiger partial charge is 0.493 e. The van der Waals surface area contributed by atoms with Crippen molar-refractivity contribution < 1.29 is 9.53 Å². The van der Waals surface area contributed by atoms with E-state index in [0.29, 0.717) is 6.61 Å². The molecule has 13 heavy (non-hydrogen) atoms. The Kier molecular flexibility index (Phi) is 2.05. The first-order valence-corrected chi connectivity index (χ1v) is 4.50. The summed E-state index contributed by atoms with van der Waals surface area (Å²) in [5.74, 6) is 0.910. The molecule has 2 rings (SSSR count). The number of benzene rings is 1. The van der Waals surface area contributed by atoms with E-state index < -0.39 is 0 Å². The summed E-state index contributed by atoms with van der Waals surface area (Å²) in [4.78, 5) is 10.8. The first-order chi connectivity index (χ1) is 6.31. The number of fused-ring (bicyclic) bond motifs is 1. The lowest BCUT2D eigenvalue weighted by Gasteiger charge is -2.22. The van der Waals surface area contributed by atoms with Crippen molar-refractivity contribution in [3.8, 4) is 5.75 Å². The lowest BCUT2D eigenvalue weighted by atomic mass is 9.94. The third kappa shape index (κ3) is 1.44. The number of hydrogen-bond donors (Lipinski definition) is 0.